The minimum Gasteiger partial charge on any atom is -0.339 e. The Morgan fingerprint density at radius 2 is 1.67 bits per heavy atom. The molecule has 0 radical (unpaired) electrons. The second kappa shape index (κ2) is 10.2. The second-order valence-electron chi connectivity index (χ2n) is 6.80. The Kier molecular flexibility index (Phi) is 8.22. The van der Waals surface area contributed by atoms with Crippen molar-refractivity contribution in [3.63, 3.8) is 0 Å². The number of carbonyl (C=O) groups excluding carboxylic acids is 1. The predicted molar refractivity (Wildman–Crippen MR) is 107 cm³/mol. The molecule has 0 spiro atoms. The van der Waals surface area contributed by atoms with Gasteiger partial charge < -0.3 is 15.1 Å². The number of sulfonamides is 1. The van der Waals surface area contributed by atoms with Crippen molar-refractivity contribution >= 4 is 15.9 Å². The topological polar surface area (TPSA) is 73.0 Å². The van der Waals surface area contributed by atoms with Crippen molar-refractivity contribution in [2.45, 2.75) is 25.7 Å². The zero-order chi connectivity index (χ0) is 19.9. The van der Waals surface area contributed by atoms with Crippen LogP contribution in [0.3, 0.4) is 0 Å². The Labute approximate surface area is 163 Å². The van der Waals surface area contributed by atoms with Crippen LogP contribution in [0.4, 0.5) is 0 Å². The highest BCUT2D eigenvalue weighted by molar-refractivity contribution is 7.89. The Morgan fingerprint density at radius 1 is 1.07 bits per heavy atom. The van der Waals surface area contributed by atoms with Crippen molar-refractivity contribution in [3.05, 3.63) is 29.8 Å². The van der Waals surface area contributed by atoms with Gasteiger partial charge in [-0.25, -0.2) is 8.42 Å². The zero-order valence-electron chi connectivity index (χ0n) is 16.6. The fourth-order valence-corrected chi connectivity index (χ4v) is 4.54. The molecule has 8 heteroatoms. The fourth-order valence-electron chi connectivity index (χ4n) is 3.12. The third kappa shape index (κ3) is 6.00. The van der Waals surface area contributed by atoms with Gasteiger partial charge in [0.05, 0.1) is 11.4 Å². The number of rotatable bonds is 9. The van der Waals surface area contributed by atoms with E-state index in [2.05, 4.69) is 24.1 Å². The summed E-state index contributed by atoms with van der Waals surface area (Å²) in [5, 5.41) is 3.19. The van der Waals surface area contributed by atoms with E-state index in [9.17, 15) is 13.2 Å². The van der Waals surface area contributed by atoms with Crippen LogP contribution in [0.25, 0.3) is 0 Å². The number of aryl methyl sites for hydroxylation is 1. The maximum atomic E-state index is 12.7. The molecule has 0 saturated carbocycles. The molecule has 152 valence electrons. The molecule has 0 atom stereocenters. The van der Waals surface area contributed by atoms with Crippen molar-refractivity contribution in [2.24, 2.45) is 0 Å². The summed E-state index contributed by atoms with van der Waals surface area (Å²) in [5.74, 6) is 0.0296. The lowest BCUT2D eigenvalue weighted by atomic mass is 10.2. The van der Waals surface area contributed by atoms with Crippen molar-refractivity contribution < 1.29 is 13.2 Å². The third-order valence-corrected chi connectivity index (χ3v) is 6.94. The number of piperazine rings is 1. The van der Waals surface area contributed by atoms with Crippen LogP contribution in [0, 0.1) is 6.92 Å². The van der Waals surface area contributed by atoms with Gasteiger partial charge in [0.25, 0.3) is 0 Å². The monoisotopic (exact) mass is 396 g/mol. The maximum Gasteiger partial charge on any atom is 0.243 e. The van der Waals surface area contributed by atoms with E-state index in [1.165, 1.54) is 4.31 Å². The molecule has 1 aromatic carbocycles. The van der Waals surface area contributed by atoms with Crippen LogP contribution < -0.4 is 5.32 Å². The Hall–Kier alpha value is -1.48. The molecular formula is C19H32N4O3S. The summed E-state index contributed by atoms with van der Waals surface area (Å²) in [4.78, 5) is 16.7. The number of nitrogens with one attached hydrogen (secondary N) is 1. The molecule has 1 aromatic rings. The molecule has 0 aliphatic carbocycles. The van der Waals surface area contributed by atoms with Crippen LogP contribution in [0.2, 0.25) is 0 Å². The average Bonchev–Trinajstić information content (AvgIpc) is 2.68. The molecule has 0 aromatic heterocycles. The molecule has 1 fully saturated rings. The van der Waals surface area contributed by atoms with E-state index in [1.807, 2.05) is 6.92 Å². The maximum absolute atomic E-state index is 12.7. The first kappa shape index (κ1) is 21.8. The lowest BCUT2D eigenvalue weighted by Crippen LogP contribution is -2.52. The normalized spacial score (nSPS) is 16.1. The summed E-state index contributed by atoms with van der Waals surface area (Å²) in [6, 6.07) is 6.89. The second-order valence-corrected chi connectivity index (χ2v) is 8.74. The van der Waals surface area contributed by atoms with E-state index >= 15 is 0 Å². The van der Waals surface area contributed by atoms with E-state index in [-0.39, 0.29) is 5.91 Å². The summed E-state index contributed by atoms with van der Waals surface area (Å²) in [7, 11) is -3.49. The van der Waals surface area contributed by atoms with Crippen LogP contribution in [-0.4, -0.2) is 87.3 Å². The van der Waals surface area contributed by atoms with Gasteiger partial charge in [0, 0.05) is 39.3 Å². The van der Waals surface area contributed by atoms with E-state index in [4.69, 9.17) is 0 Å². The van der Waals surface area contributed by atoms with Gasteiger partial charge in [0.15, 0.2) is 0 Å². The number of nitrogens with zero attached hydrogens (tertiary/aromatic N) is 3. The van der Waals surface area contributed by atoms with Gasteiger partial charge in [-0.05, 0) is 32.1 Å². The van der Waals surface area contributed by atoms with E-state index < -0.39 is 10.0 Å². The SMILES string of the molecule is CCN(CC)CCNCC(=O)N1CCN(S(=O)(=O)c2ccc(C)cc2)CC1. The quantitative estimate of drug-likeness (QED) is 0.624. The van der Waals surface area contributed by atoms with Crippen LogP contribution in [-0.2, 0) is 14.8 Å². The number of likely N-dealkylation sites (N-methyl/N-ethyl adjacent to an activating group) is 1. The van der Waals surface area contributed by atoms with Gasteiger partial charge in [-0.2, -0.15) is 4.31 Å². The molecule has 2 rings (SSSR count). The molecule has 1 heterocycles. The van der Waals surface area contributed by atoms with Gasteiger partial charge in [0.1, 0.15) is 0 Å². The number of amides is 1. The van der Waals surface area contributed by atoms with Gasteiger partial charge in [-0.15, -0.1) is 0 Å². The first-order valence-electron chi connectivity index (χ1n) is 9.66. The van der Waals surface area contributed by atoms with Crippen LogP contribution >= 0.6 is 0 Å². The van der Waals surface area contributed by atoms with Gasteiger partial charge in [-0.3, -0.25) is 4.79 Å². The van der Waals surface area contributed by atoms with Gasteiger partial charge in [-0.1, -0.05) is 31.5 Å². The summed E-state index contributed by atoms with van der Waals surface area (Å²) in [5.41, 5.74) is 1.03. The Morgan fingerprint density at radius 3 is 2.22 bits per heavy atom. The first-order chi connectivity index (χ1) is 12.9. The largest absolute Gasteiger partial charge is 0.339 e. The third-order valence-electron chi connectivity index (χ3n) is 5.03. The lowest BCUT2D eigenvalue weighted by Gasteiger charge is -2.34. The minimum atomic E-state index is -3.49. The fraction of sp³-hybridized carbons (Fsp3) is 0.632. The van der Waals surface area contributed by atoms with Crippen molar-refractivity contribution in [2.75, 3.05) is 58.9 Å². The summed E-state index contributed by atoms with van der Waals surface area (Å²) in [6.07, 6.45) is 0. The van der Waals surface area contributed by atoms with Crippen LogP contribution in [0.5, 0.6) is 0 Å². The molecule has 1 aliphatic heterocycles. The zero-order valence-corrected chi connectivity index (χ0v) is 17.5. The number of hydrogen-bond acceptors (Lipinski definition) is 5. The van der Waals surface area contributed by atoms with Gasteiger partial charge in [0.2, 0.25) is 15.9 Å². The molecule has 1 saturated heterocycles. The standard InChI is InChI=1S/C19H32N4O3S/c1-4-21(5-2)11-10-20-16-19(24)22-12-14-23(15-13-22)27(25,26)18-8-6-17(3)7-9-18/h6-9,20H,4-5,10-16H2,1-3H3. The summed E-state index contributed by atoms with van der Waals surface area (Å²) < 4.78 is 26.9. The number of hydrogen-bond donors (Lipinski definition) is 1. The molecule has 0 bridgehead atoms. The smallest absolute Gasteiger partial charge is 0.243 e. The highest BCUT2D eigenvalue weighted by Crippen LogP contribution is 2.18. The number of carbonyl (C=O) groups is 1. The molecule has 1 amide bonds. The summed E-state index contributed by atoms with van der Waals surface area (Å²) >= 11 is 0. The Balaban J connectivity index is 1.79. The summed E-state index contributed by atoms with van der Waals surface area (Å²) in [6.45, 7) is 11.7. The van der Waals surface area contributed by atoms with Crippen LogP contribution in [0.15, 0.2) is 29.2 Å². The lowest BCUT2D eigenvalue weighted by molar-refractivity contribution is -0.131. The molecule has 0 unspecified atom stereocenters. The highest BCUT2D eigenvalue weighted by atomic mass is 32.2. The number of benzene rings is 1. The van der Waals surface area contributed by atoms with Crippen molar-refractivity contribution in [1.82, 2.24) is 19.4 Å². The molecule has 7 nitrogen and oxygen atoms in total. The predicted octanol–water partition coefficient (Wildman–Crippen LogP) is 0.759. The Bertz CT molecular complexity index is 694. The molecule has 27 heavy (non-hydrogen) atoms. The highest BCUT2D eigenvalue weighted by Gasteiger charge is 2.29. The molecular weight excluding hydrogens is 364 g/mol. The average molecular weight is 397 g/mol. The van der Waals surface area contributed by atoms with E-state index in [0.29, 0.717) is 37.6 Å². The van der Waals surface area contributed by atoms with Crippen LogP contribution in [0.1, 0.15) is 19.4 Å². The molecule has 1 aliphatic rings. The van der Waals surface area contributed by atoms with Crippen molar-refractivity contribution in [1.29, 1.82) is 0 Å². The van der Waals surface area contributed by atoms with E-state index in [1.54, 1.807) is 29.2 Å². The van der Waals surface area contributed by atoms with Crippen molar-refractivity contribution in [3.8, 4) is 0 Å². The minimum absolute atomic E-state index is 0.0296. The van der Waals surface area contributed by atoms with E-state index in [0.717, 1.165) is 31.7 Å². The first-order valence-corrected chi connectivity index (χ1v) is 11.1. The van der Waals surface area contributed by atoms with Gasteiger partial charge >= 0.3 is 0 Å². The molecule has 1 N–H and O–H groups in total.